The molecule has 0 bridgehead atoms. The van der Waals surface area contributed by atoms with Crippen molar-refractivity contribution < 1.29 is 19.4 Å². The van der Waals surface area contributed by atoms with Crippen LogP contribution in [0.4, 0.5) is 0 Å². The SMILES string of the molecule is COC(=O)C(Cl)(Cl)[C@@H](O)c1ccc(OC)cc1. The van der Waals surface area contributed by atoms with Crippen molar-refractivity contribution in [2.45, 2.75) is 10.4 Å². The molecule has 0 amide bonds. The van der Waals surface area contributed by atoms with Crippen molar-refractivity contribution >= 4 is 29.2 Å². The molecule has 0 heterocycles. The molecule has 0 unspecified atom stereocenters. The summed E-state index contributed by atoms with van der Waals surface area (Å²) >= 11 is 11.5. The quantitative estimate of drug-likeness (QED) is 0.677. The van der Waals surface area contributed by atoms with Crippen LogP contribution in [0.15, 0.2) is 24.3 Å². The van der Waals surface area contributed by atoms with Gasteiger partial charge in [0.2, 0.25) is 4.33 Å². The van der Waals surface area contributed by atoms with E-state index in [0.717, 1.165) is 7.11 Å². The van der Waals surface area contributed by atoms with Crippen LogP contribution in [0.2, 0.25) is 0 Å². The molecule has 1 N–H and O–H groups in total. The second-order valence-electron chi connectivity index (χ2n) is 3.29. The number of hydrogen-bond acceptors (Lipinski definition) is 4. The second-order valence-corrected chi connectivity index (χ2v) is 4.68. The number of methoxy groups -OCH3 is 2. The van der Waals surface area contributed by atoms with Crippen LogP contribution in [0.25, 0.3) is 0 Å². The lowest BCUT2D eigenvalue weighted by Gasteiger charge is -2.23. The molecule has 1 atom stereocenters. The molecule has 4 nitrogen and oxygen atoms in total. The molecular weight excluding hydrogens is 267 g/mol. The number of ether oxygens (including phenoxy) is 2. The molecule has 0 saturated carbocycles. The third-order valence-electron chi connectivity index (χ3n) is 2.23. The number of hydrogen-bond donors (Lipinski definition) is 1. The topological polar surface area (TPSA) is 55.8 Å². The first-order valence-electron chi connectivity index (χ1n) is 4.71. The van der Waals surface area contributed by atoms with E-state index < -0.39 is 16.4 Å². The van der Waals surface area contributed by atoms with Gasteiger partial charge in [0.05, 0.1) is 14.2 Å². The number of halogens is 2. The van der Waals surface area contributed by atoms with Gasteiger partial charge in [-0.05, 0) is 17.7 Å². The summed E-state index contributed by atoms with van der Waals surface area (Å²) in [6.07, 6.45) is -1.39. The fourth-order valence-corrected chi connectivity index (χ4v) is 1.65. The first kappa shape index (κ1) is 14.1. The first-order valence-corrected chi connectivity index (χ1v) is 5.47. The molecule has 0 aliphatic carbocycles. The Morgan fingerprint density at radius 1 is 1.29 bits per heavy atom. The highest BCUT2D eigenvalue weighted by molar-refractivity contribution is 6.58. The minimum atomic E-state index is -2.04. The smallest absolute Gasteiger partial charge is 0.345 e. The minimum absolute atomic E-state index is 0.390. The number of carbonyl (C=O) groups is 1. The highest BCUT2D eigenvalue weighted by Gasteiger charge is 2.43. The van der Waals surface area contributed by atoms with Crippen molar-refractivity contribution in [3.05, 3.63) is 29.8 Å². The van der Waals surface area contributed by atoms with E-state index in [2.05, 4.69) is 4.74 Å². The predicted octanol–water partition coefficient (Wildman–Crippen LogP) is 2.08. The lowest BCUT2D eigenvalue weighted by Crippen LogP contribution is -2.34. The standard InChI is InChI=1S/C11H12Cl2O4/c1-16-8-5-3-7(4-6-8)9(14)11(12,13)10(15)17-2/h3-6,9,14H,1-2H3/t9-/m0/s1. The second kappa shape index (κ2) is 5.58. The summed E-state index contributed by atoms with van der Waals surface area (Å²) in [5.41, 5.74) is 0.390. The summed E-state index contributed by atoms with van der Waals surface area (Å²) in [7, 11) is 2.66. The van der Waals surface area contributed by atoms with E-state index in [4.69, 9.17) is 27.9 Å². The van der Waals surface area contributed by atoms with E-state index in [9.17, 15) is 9.90 Å². The molecule has 6 heteroatoms. The molecule has 0 aliphatic heterocycles. The molecule has 0 spiro atoms. The summed E-state index contributed by atoms with van der Waals surface area (Å²) in [4.78, 5) is 11.3. The van der Waals surface area contributed by atoms with E-state index in [0.29, 0.717) is 11.3 Å². The lowest BCUT2D eigenvalue weighted by atomic mass is 10.1. The van der Waals surface area contributed by atoms with Crippen LogP contribution in [-0.2, 0) is 9.53 Å². The normalized spacial score (nSPS) is 13.0. The zero-order chi connectivity index (χ0) is 13.1. The third kappa shape index (κ3) is 3.03. The fourth-order valence-electron chi connectivity index (χ4n) is 1.24. The number of carbonyl (C=O) groups excluding carboxylic acids is 1. The number of rotatable bonds is 4. The van der Waals surface area contributed by atoms with Gasteiger partial charge in [0.15, 0.2) is 0 Å². The van der Waals surface area contributed by atoms with Gasteiger partial charge in [-0.2, -0.15) is 0 Å². The molecule has 0 radical (unpaired) electrons. The van der Waals surface area contributed by atoms with Gasteiger partial charge in [-0.1, -0.05) is 35.3 Å². The predicted molar refractivity (Wildman–Crippen MR) is 64.4 cm³/mol. The van der Waals surface area contributed by atoms with Gasteiger partial charge in [0, 0.05) is 0 Å². The highest BCUT2D eigenvalue weighted by Crippen LogP contribution is 2.37. The van der Waals surface area contributed by atoms with E-state index in [1.807, 2.05) is 0 Å². The Kier molecular flexibility index (Phi) is 4.62. The van der Waals surface area contributed by atoms with Gasteiger partial charge in [0.1, 0.15) is 11.9 Å². The number of benzene rings is 1. The Labute approximate surface area is 109 Å². The van der Waals surface area contributed by atoms with Gasteiger partial charge >= 0.3 is 5.97 Å². The lowest BCUT2D eigenvalue weighted by molar-refractivity contribution is -0.144. The summed E-state index contributed by atoms with van der Waals surface area (Å²) < 4.78 is 7.34. The van der Waals surface area contributed by atoms with Gasteiger partial charge in [-0.25, -0.2) is 4.79 Å². The Morgan fingerprint density at radius 2 is 1.82 bits per heavy atom. The first-order chi connectivity index (χ1) is 7.93. The molecular formula is C11H12Cl2O4. The van der Waals surface area contributed by atoms with Crippen molar-refractivity contribution in [3.8, 4) is 5.75 Å². The maximum Gasteiger partial charge on any atom is 0.345 e. The van der Waals surface area contributed by atoms with Crippen LogP contribution in [0.5, 0.6) is 5.75 Å². The van der Waals surface area contributed by atoms with Gasteiger partial charge in [-0.15, -0.1) is 0 Å². The van der Waals surface area contributed by atoms with E-state index in [1.165, 1.54) is 7.11 Å². The molecule has 94 valence electrons. The van der Waals surface area contributed by atoms with Crippen LogP contribution < -0.4 is 4.74 Å². The Bertz CT molecular complexity index is 389. The van der Waals surface area contributed by atoms with Crippen molar-refractivity contribution in [1.29, 1.82) is 0 Å². The van der Waals surface area contributed by atoms with E-state index in [-0.39, 0.29) is 0 Å². The van der Waals surface area contributed by atoms with Crippen LogP contribution in [0.1, 0.15) is 11.7 Å². The maximum absolute atomic E-state index is 11.3. The summed E-state index contributed by atoms with van der Waals surface area (Å²) in [5.74, 6) is -0.294. The summed E-state index contributed by atoms with van der Waals surface area (Å²) in [5, 5.41) is 9.91. The van der Waals surface area contributed by atoms with Crippen LogP contribution >= 0.6 is 23.2 Å². The Morgan fingerprint density at radius 3 is 2.24 bits per heavy atom. The van der Waals surface area contributed by atoms with Crippen molar-refractivity contribution in [2.75, 3.05) is 14.2 Å². The van der Waals surface area contributed by atoms with Crippen LogP contribution in [0.3, 0.4) is 0 Å². The summed E-state index contributed by atoms with van der Waals surface area (Å²) in [6.45, 7) is 0. The Hall–Kier alpha value is -0.970. The fraction of sp³-hybridized carbons (Fsp3) is 0.364. The van der Waals surface area contributed by atoms with E-state index >= 15 is 0 Å². The number of aliphatic hydroxyl groups is 1. The number of alkyl halides is 2. The van der Waals surface area contributed by atoms with Gasteiger partial charge < -0.3 is 14.6 Å². The molecule has 1 aromatic rings. The molecule has 0 aromatic heterocycles. The average molecular weight is 279 g/mol. The van der Waals surface area contributed by atoms with Crippen LogP contribution in [0, 0.1) is 0 Å². The number of esters is 1. The summed E-state index contributed by atoms with van der Waals surface area (Å²) in [6, 6.07) is 6.37. The molecule has 0 aliphatic rings. The largest absolute Gasteiger partial charge is 0.497 e. The van der Waals surface area contributed by atoms with Crippen molar-refractivity contribution in [1.82, 2.24) is 0 Å². The molecule has 1 aromatic carbocycles. The number of aliphatic hydroxyl groups excluding tert-OH is 1. The maximum atomic E-state index is 11.3. The average Bonchev–Trinajstić information content (AvgIpc) is 2.36. The molecule has 0 saturated heterocycles. The van der Waals surface area contributed by atoms with E-state index in [1.54, 1.807) is 24.3 Å². The van der Waals surface area contributed by atoms with Crippen molar-refractivity contribution in [2.24, 2.45) is 0 Å². The minimum Gasteiger partial charge on any atom is -0.497 e. The van der Waals surface area contributed by atoms with Crippen molar-refractivity contribution in [3.63, 3.8) is 0 Å². The zero-order valence-electron chi connectivity index (χ0n) is 9.31. The van der Waals surface area contributed by atoms with Gasteiger partial charge in [-0.3, -0.25) is 0 Å². The third-order valence-corrected chi connectivity index (χ3v) is 2.95. The highest BCUT2D eigenvalue weighted by atomic mass is 35.5. The Balaban J connectivity index is 2.95. The van der Waals surface area contributed by atoms with Crippen LogP contribution in [-0.4, -0.2) is 29.6 Å². The monoisotopic (exact) mass is 278 g/mol. The van der Waals surface area contributed by atoms with Gasteiger partial charge in [0.25, 0.3) is 0 Å². The molecule has 0 fully saturated rings. The molecule has 1 rings (SSSR count). The zero-order valence-corrected chi connectivity index (χ0v) is 10.8. The molecule has 17 heavy (non-hydrogen) atoms.